The molecule has 0 saturated carbocycles. The van der Waals surface area contributed by atoms with E-state index < -0.39 is 9.84 Å². The molecule has 0 spiro atoms. The lowest BCUT2D eigenvalue weighted by Crippen LogP contribution is -2.30. The van der Waals surface area contributed by atoms with Crippen LogP contribution in [0.1, 0.15) is 24.5 Å². The Morgan fingerprint density at radius 3 is 2.95 bits per heavy atom. The Morgan fingerprint density at radius 1 is 1.52 bits per heavy atom. The van der Waals surface area contributed by atoms with Crippen molar-refractivity contribution in [1.82, 2.24) is 15.3 Å². The number of aromatic nitrogens is 2. The first-order valence-corrected chi connectivity index (χ1v) is 8.92. The predicted octanol–water partition coefficient (Wildman–Crippen LogP) is 0.405. The average molecular weight is 314 g/mol. The van der Waals surface area contributed by atoms with Crippen LogP contribution in [0, 0.1) is 0 Å². The molecule has 2 N–H and O–H groups in total. The summed E-state index contributed by atoms with van der Waals surface area (Å²) in [5.74, 6) is 0.550. The monoisotopic (exact) mass is 314 g/mol. The summed E-state index contributed by atoms with van der Waals surface area (Å²) >= 11 is 0. The minimum absolute atomic E-state index is 0.106. The number of piperidine rings is 1. The van der Waals surface area contributed by atoms with Gasteiger partial charge in [-0.2, -0.15) is 0 Å². The number of anilines is 1. The Balaban J connectivity index is 2.29. The molecule has 1 atom stereocenters. The average Bonchev–Trinajstić information content (AvgIpc) is 2.47. The minimum atomic E-state index is -3.33. The van der Waals surface area contributed by atoms with Gasteiger partial charge in [0.2, 0.25) is 5.95 Å². The van der Waals surface area contributed by atoms with E-state index in [-0.39, 0.29) is 10.8 Å². The molecule has 8 heteroatoms. The zero-order valence-corrected chi connectivity index (χ0v) is 13.2. The zero-order valence-electron chi connectivity index (χ0n) is 12.4. The van der Waals surface area contributed by atoms with Gasteiger partial charge in [-0.25, -0.2) is 18.4 Å². The number of sulfone groups is 1. The molecule has 0 aliphatic carbocycles. The molecule has 21 heavy (non-hydrogen) atoms. The van der Waals surface area contributed by atoms with Crippen molar-refractivity contribution in [1.29, 1.82) is 0 Å². The molecule has 0 bridgehead atoms. The van der Waals surface area contributed by atoms with Crippen LogP contribution in [0.15, 0.2) is 11.1 Å². The highest BCUT2D eigenvalue weighted by Gasteiger charge is 2.25. The third-order valence-corrected chi connectivity index (χ3v) is 4.57. The molecule has 7 nitrogen and oxygen atoms in total. The number of methoxy groups -OCH3 is 1. The molecular formula is C13H22N4O3S. The van der Waals surface area contributed by atoms with Crippen LogP contribution < -0.4 is 10.6 Å². The summed E-state index contributed by atoms with van der Waals surface area (Å²) in [4.78, 5) is 8.76. The third kappa shape index (κ3) is 4.36. The van der Waals surface area contributed by atoms with E-state index in [1.54, 1.807) is 7.11 Å². The maximum Gasteiger partial charge on any atom is 0.223 e. The van der Waals surface area contributed by atoms with Crippen molar-refractivity contribution in [2.75, 3.05) is 44.9 Å². The molecule has 0 aromatic carbocycles. The molecule has 0 radical (unpaired) electrons. The number of rotatable bonds is 6. The smallest absolute Gasteiger partial charge is 0.223 e. The molecule has 1 aliphatic heterocycles. The van der Waals surface area contributed by atoms with Crippen LogP contribution in [0.3, 0.4) is 0 Å². The van der Waals surface area contributed by atoms with E-state index in [2.05, 4.69) is 20.6 Å². The van der Waals surface area contributed by atoms with Crippen LogP contribution in [-0.4, -0.2) is 58.0 Å². The van der Waals surface area contributed by atoms with Crippen molar-refractivity contribution in [2.45, 2.75) is 23.7 Å². The highest BCUT2D eigenvalue weighted by molar-refractivity contribution is 7.90. The van der Waals surface area contributed by atoms with E-state index in [0.717, 1.165) is 25.9 Å². The molecule has 0 amide bonds. The van der Waals surface area contributed by atoms with Crippen molar-refractivity contribution in [3.05, 3.63) is 11.9 Å². The van der Waals surface area contributed by atoms with Gasteiger partial charge in [0.05, 0.1) is 18.5 Å². The first-order valence-electron chi connectivity index (χ1n) is 7.03. The van der Waals surface area contributed by atoms with Gasteiger partial charge in [-0.1, -0.05) is 0 Å². The van der Waals surface area contributed by atoms with E-state index in [1.807, 2.05) is 0 Å². The van der Waals surface area contributed by atoms with Gasteiger partial charge in [0.25, 0.3) is 0 Å². The van der Waals surface area contributed by atoms with Gasteiger partial charge in [-0.3, -0.25) is 0 Å². The lowest BCUT2D eigenvalue weighted by atomic mass is 9.96. The minimum Gasteiger partial charge on any atom is -0.383 e. The third-order valence-electron chi connectivity index (χ3n) is 3.46. The molecule has 2 rings (SSSR count). The highest BCUT2D eigenvalue weighted by Crippen LogP contribution is 2.27. The fourth-order valence-electron chi connectivity index (χ4n) is 2.40. The summed E-state index contributed by atoms with van der Waals surface area (Å²) < 4.78 is 28.8. The fraction of sp³-hybridized carbons (Fsp3) is 0.692. The van der Waals surface area contributed by atoms with Crippen LogP contribution in [-0.2, 0) is 14.6 Å². The van der Waals surface area contributed by atoms with Crippen LogP contribution in [0.2, 0.25) is 0 Å². The molecule has 1 unspecified atom stereocenters. The van der Waals surface area contributed by atoms with Crippen molar-refractivity contribution in [2.24, 2.45) is 0 Å². The quantitative estimate of drug-likeness (QED) is 0.734. The molecular weight excluding hydrogens is 292 g/mol. The predicted molar refractivity (Wildman–Crippen MR) is 80.4 cm³/mol. The summed E-state index contributed by atoms with van der Waals surface area (Å²) in [6.07, 6.45) is 4.55. The lowest BCUT2D eigenvalue weighted by molar-refractivity contribution is 0.210. The zero-order chi connectivity index (χ0) is 15.3. The fourth-order valence-corrected chi connectivity index (χ4v) is 3.23. The molecule has 2 heterocycles. The maximum absolute atomic E-state index is 11.9. The number of nitrogens with one attached hydrogen (secondary N) is 2. The normalized spacial score (nSPS) is 19.4. The maximum atomic E-state index is 11.9. The molecule has 1 aromatic heterocycles. The summed E-state index contributed by atoms with van der Waals surface area (Å²) in [7, 11) is -1.71. The number of ether oxygens (including phenoxy) is 1. The van der Waals surface area contributed by atoms with Crippen molar-refractivity contribution >= 4 is 15.8 Å². The summed E-state index contributed by atoms with van der Waals surface area (Å²) in [5, 5.41) is 6.33. The number of hydrogen-bond acceptors (Lipinski definition) is 7. The van der Waals surface area contributed by atoms with E-state index in [9.17, 15) is 8.42 Å². The molecule has 1 saturated heterocycles. The van der Waals surface area contributed by atoms with Gasteiger partial charge >= 0.3 is 0 Å². The van der Waals surface area contributed by atoms with E-state index >= 15 is 0 Å². The summed E-state index contributed by atoms with van der Waals surface area (Å²) in [6.45, 7) is 2.83. The van der Waals surface area contributed by atoms with E-state index in [4.69, 9.17) is 4.74 Å². The van der Waals surface area contributed by atoms with Crippen LogP contribution in [0.4, 0.5) is 5.95 Å². The van der Waals surface area contributed by atoms with Gasteiger partial charge in [-0.15, -0.1) is 0 Å². The Labute approximate surface area is 125 Å². The Bertz CT molecular complexity index is 571. The van der Waals surface area contributed by atoms with Crippen LogP contribution in [0.25, 0.3) is 0 Å². The molecule has 1 fully saturated rings. The highest BCUT2D eigenvalue weighted by atomic mass is 32.2. The Morgan fingerprint density at radius 2 is 2.33 bits per heavy atom. The first kappa shape index (κ1) is 16.1. The summed E-state index contributed by atoms with van der Waals surface area (Å²) in [5.41, 5.74) is 0.611. The van der Waals surface area contributed by atoms with Crippen molar-refractivity contribution in [3.63, 3.8) is 0 Å². The largest absolute Gasteiger partial charge is 0.383 e. The molecule has 1 aliphatic rings. The van der Waals surface area contributed by atoms with Crippen molar-refractivity contribution < 1.29 is 13.2 Å². The Hall–Kier alpha value is -1.25. The second-order valence-corrected chi connectivity index (χ2v) is 7.16. The SMILES string of the molecule is COCCNc1ncc(S(C)(=O)=O)c(C2CCCNC2)n1. The summed E-state index contributed by atoms with van der Waals surface area (Å²) in [6, 6.07) is 0. The second kappa shape index (κ2) is 7.15. The number of hydrogen-bond donors (Lipinski definition) is 2. The molecule has 1 aromatic rings. The second-order valence-electron chi connectivity index (χ2n) is 5.18. The van der Waals surface area contributed by atoms with Gasteiger partial charge in [0, 0.05) is 32.4 Å². The van der Waals surface area contributed by atoms with Gasteiger partial charge in [0.15, 0.2) is 9.84 Å². The first-order chi connectivity index (χ1) is 10.0. The van der Waals surface area contributed by atoms with Crippen LogP contribution >= 0.6 is 0 Å². The van der Waals surface area contributed by atoms with E-state index in [0.29, 0.717) is 24.8 Å². The van der Waals surface area contributed by atoms with Gasteiger partial charge in [-0.05, 0) is 19.4 Å². The Kier molecular flexibility index (Phi) is 5.49. The van der Waals surface area contributed by atoms with Gasteiger partial charge in [0.1, 0.15) is 4.90 Å². The topological polar surface area (TPSA) is 93.2 Å². The molecule has 118 valence electrons. The van der Waals surface area contributed by atoms with Gasteiger partial charge < -0.3 is 15.4 Å². The standard InChI is InChI=1S/C13H22N4O3S/c1-20-7-6-15-13-16-9-11(21(2,18)19)12(17-13)10-4-3-5-14-8-10/h9-10,14H,3-8H2,1-2H3,(H,15,16,17). The number of nitrogens with zero attached hydrogens (tertiary/aromatic N) is 2. The van der Waals surface area contributed by atoms with Crippen molar-refractivity contribution in [3.8, 4) is 0 Å². The van der Waals surface area contributed by atoms with E-state index in [1.165, 1.54) is 12.5 Å². The van der Waals surface area contributed by atoms with Crippen LogP contribution in [0.5, 0.6) is 0 Å². The lowest BCUT2D eigenvalue weighted by Gasteiger charge is -2.24.